The third-order valence-corrected chi connectivity index (χ3v) is 7.54. The maximum absolute atomic E-state index is 14.3. The van der Waals surface area contributed by atoms with Crippen LogP contribution in [0.25, 0.3) is 0 Å². The molecule has 2 fully saturated rings. The summed E-state index contributed by atoms with van der Waals surface area (Å²) >= 11 is 6.54. The summed E-state index contributed by atoms with van der Waals surface area (Å²) in [5.74, 6) is -7.79. The normalized spacial score (nSPS) is 20.6. The van der Waals surface area contributed by atoms with Crippen LogP contribution < -0.4 is 15.5 Å². The number of amides is 3. The lowest BCUT2D eigenvalue weighted by Gasteiger charge is -2.43. The topological polar surface area (TPSA) is 128 Å². The molecule has 3 amide bonds. The van der Waals surface area contributed by atoms with E-state index in [1.165, 1.54) is 42.6 Å². The minimum atomic E-state index is -2.94. The van der Waals surface area contributed by atoms with Crippen LogP contribution >= 0.6 is 11.6 Å². The average molecular weight is 583 g/mol. The highest BCUT2D eigenvalue weighted by atomic mass is 35.5. The van der Waals surface area contributed by atoms with Gasteiger partial charge in [-0.25, -0.2) is 23.1 Å². The molecule has 1 aromatic heterocycles. The van der Waals surface area contributed by atoms with Crippen molar-refractivity contribution in [1.82, 2.24) is 15.3 Å². The number of alkyl halides is 2. The molecule has 13 heteroatoms. The van der Waals surface area contributed by atoms with E-state index in [1.807, 2.05) is 6.07 Å². The van der Waals surface area contributed by atoms with Gasteiger partial charge in [0.15, 0.2) is 0 Å². The molecule has 5 rings (SSSR count). The lowest BCUT2D eigenvalue weighted by atomic mass is 9.75. The predicted octanol–water partition coefficient (Wildman–Crippen LogP) is 4.34. The molecule has 2 N–H and O–H groups in total. The third kappa shape index (κ3) is 5.32. The number of rotatable bonds is 7. The van der Waals surface area contributed by atoms with Gasteiger partial charge in [0.1, 0.15) is 23.1 Å². The number of halogens is 4. The molecule has 1 saturated carbocycles. The van der Waals surface area contributed by atoms with Crippen molar-refractivity contribution < 1.29 is 27.6 Å². The number of aromatic nitrogens is 2. The summed E-state index contributed by atoms with van der Waals surface area (Å²) in [6, 6.07) is 13.4. The maximum Gasteiger partial charge on any atom is 0.252 e. The molecule has 0 bridgehead atoms. The number of nitriles is 1. The zero-order chi connectivity index (χ0) is 29.4. The Labute approximate surface area is 237 Å². The summed E-state index contributed by atoms with van der Waals surface area (Å²) in [4.78, 5) is 51.0. The number of benzene rings is 2. The molecule has 9 nitrogen and oxygen atoms in total. The van der Waals surface area contributed by atoms with Gasteiger partial charge in [0.2, 0.25) is 17.8 Å². The summed E-state index contributed by atoms with van der Waals surface area (Å²) in [5, 5.41) is 14.7. The van der Waals surface area contributed by atoms with Crippen molar-refractivity contribution in [2.45, 2.75) is 49.1 Å². The third-order valence-electron chi connectivity index (χ3n) is 7.19. The first kappa shape index (κ1) is 28.0. The zero-order valence-electron chi connectivity index (χ0n) is 21.3. The fourth-order valence-electron chi connectivity index (χ4n) is 5.35. The van der Waals surface area contributed by atoms with E-state index in [1.54, 1.807) is 12.1 Å². The highest BCUT2D eigenvalue weighted by molar-refractivity contribution is 6.32. The minimum absolute atomic E-state index is 0.0392. The van der Waals surface area contributed by atoms with Crippen LogP contribution in [0.2, 0.25) is 5.02 Å². The van der Waals surface area contributed by atoms with Crippen molar-refractivity contribution in [2.24, 2.45) is 0 Å². The lowest BCUT2D eigenvalue weighted by Crippen LogP contribution is -2.63. The van der Waals surface area contributed by atoms with Gasteiger partial charge in [-0.3, -0.25) is 19.3 Å². The Kier molecular flexibility index (Phi) is 7.40. The van der Waals surface area contributed by atoms with E-state index in [0.29, 0.717) is 0 Å². The van der Waals surface area contributed by atoms with Gasteiger partial charge in [-0.15, -0.1) is 0 Å². The Morgan fingerprint density at radius 3 is 2.59 bits per heavy atom. The minimum Gasteiger partial charge on any atom is -0.352 e. The van der Waals surface area contributed by atoms with Gasteiger partial charge in [-0.05, 0) is 42.3 Å². The fourth-order valence-corrected chi connectivity index (χ4v) is 5.59. The molecule has 1 aliphatic heterocycles. The van der Waals surface area contributed by atoms with Crippen LogP contribution in [0.15, 0.2) is 60.8 Å². The molecule has 210 valence electrons. The molecular weight excluding hydrogens is 561 g/mol. The predicted molar refractivity (Wildman–Crippen MR) is 142 cm³/mol. The van der Waals surface area contributed by atoms with Gasteiger partial charge < -0.3 is 10.6 Å². The standard InChI is InChI=1S/C28H22ClF3N6O3/c29-21-7-2-1-6-20(21)23(24(40)35-19-13-27(31,32)14-19)28(25(41)36-17-5-3-4-16(30)12-17)10-8-22(39)38(28)26-34-11-9-18(15-33)37-26/h1-7,9,11-12,19,23H,8,10,13-14H2,(H,35,40)(H,36,41)/t23-,28?/m1/s1. The monoisotopic (exact) mass is 582 g/mol. The van der Waals surface area contributed by atoms with Crippen LogP contribution in [-0.2, 0) is 14.4 Å². The van der Waals surface area contributed by atoms with Crippen LogP contribution in [0.3, 0.4) is 0 Å². The molecule has 0 radical (unpaired) electrons. The second-order valence-electron chi connectivity index (χ2n) is 9.90. The van der Waals surface area contributed by atoms with Crippen LogP contribution in [0.4, 0.5) is 24.8 Å². The summed E-state index contributed by atoms with van der Waals surface area (Å²) in [7, 11) is 0. The number of nitrogens with one attached hydrogen (secondary N) is 2. The second kappa shape index (κ2) is 10.8. The van der Waals surface area contributed by atoms with Gasteiger partial charge in [0, 0.05) is 42.2 Å². The maximum atomic E-state index is 14.3. The Morgan fingerprint density at radius 2 is 1.90 bits per heavy atom. The molecule has 2 aromatic carbocycles. The van der Waals surface area contributed by atoms with Crippen molar-refractivity contribution in [3.8, 4) is 6.07 Å². The van der Waals surface area contributed by atoms with Crippen LogP contribution in [-0.4, -0.2) is 45.2 Å². The van der Waals surface area contributed by atoms with E-state index in [-0.39, 0.29) is 40.8 Å². The van der Waals surface area contributed by atoms with Crippen molar-refractivity contribution in [1.29, 1.82) is 5.26 Å². The largest absolute Gasteiger partial charge is 0.352 e. The molecule has 1 saturated heterocycles. The van der Waals surface area contributed by atoms with Gasteiger partial charge in [-0.2, -0.15) is 5.26 Å². The highest BCUT2D eigenvalue weighted by Gasteiger charge is 2.61. The molecular formula is C28H22ClF3N6O3. The number of hydrogen-bond acceptors (Lipinski definition) is 6. The fraction of sp³-hybridized carbons (Fsp3) is 0.286. The molecule has 2 heterocycles. The molecule has 2 atom stereocenters. The smallest absolute Gasteiger partial charge is 0.252 e. The van der Waals surface area contributed by atoms with Gasteiger partial charge >= 0.3 is 0 Å². The molecule has 3 aromatic rings. The molecule has 2 aliphatic rings. The van der Waals surface area contributed by atoms with Crippen LogP contribution in [0, 0.1) is 17.1 Å². The Morgan fingerprint density at radius 1 is 1.15 bits per heavy atom. The SMILES string of the molecule is N#Cc1ccnc(N2C(=O)CCC2(C(=O)Nc2cccc(F)c2)[C@@H](C(=O)NC2CC(F)(F)C2)c2ccccc2Cl)n1. The lowest BCUT2D eigenvalue weighted by molar-refractivity contribution is -0.136. The first-order chi connectivity index (χ1) is 19.5. The van der Waals surface area contributed by atoms with Gasteiger partial charge in [0.05, 0.1) is 5.92 Å². The van der Waals surface area contributed by atoms with E-state index in [0.717, 1.165) is 11.0 Å². The first-order valence-corrected chi connectivity index (χ1v) is 13.0. The number of nitrogens with zero attached hydrogens (tertiary/aromatic N) is 4. The quantitative estimate of drug-likeness (QED) is 0.426. The van der Waals surface area contributed by atoms with Crippen molar-refractivity contribution in [3.05, 3.63) is 82.9 Å². The van der Waals surface area contributed by atoms with E-state index < -0.39 is 59.8 Å². The molecule has 41 heavy (non-hydrogen) atoms. The summed E-state index contributed by atoms with van der Waals surface area (Å²) < 4.78 is 41.3. The first-order valence-electron chi connectivity index (χ1n) is 12.6. The van der Waals surface area contributed by atoms with Crippen molar-refractivity contribution in [3.63, 3.8) is 0 Å². The van der Waals surface area contributed by atoms with E-state index >= 15 is 0 Å². The second-order valence-corrected chi connectivity index (χ2v) is 10.3. The van der Waals surface area contributed by atoms with Gasteiger partial charge in [0.25, 0.3) is 11.8 Å². The average Bonchev–Trinajstić information content (AvgIpc) is 3.26. The van der Waals surface area contributed by atoms with Crippen LogP contribution in [0.1, 0.15) is 42.9 Å². The zero-order valence-corrected chi connectivity index (χ0v) is 22.0. The Balaban J connectivity index is 1.69. The number of carbonyl (C=O) groups excluding carboxylic acids is 3. The molecule has 1 aliphatic carbocycles. The number of hydrogen-bond donors (Lipinski definition) is 2. The van der Waals surface area contributed by atoms with Crippen molar-refractivity contribution >= 4 is 41.0 Å². The van der Waals surface area contributed by atoms with E-state index in [2.05, 4.69) is 20.6 Å². The summed E-state index contributed by atoms with van der Waals surface area (Å²) in [6.07, 6.45) is -0.425. The molecule has 0 spiro atoms. The van der Waals surface area contributed by atoms with E-state index in [4.69, 9.17) is 11.6 Å². The molecule has 1 unspecified atom stereocenters. The van der Waals surface area contributed by atoms with Crippen LogP contribution in [0.5, 0.6) is 0 Å². The summed E-state index contributed by atoms with van der Waals surface area (Å²) in [5.41, 5.74) is -2.02. The highest BCUT2D eigenvalue weighted by Crippen LogP contribution is 2.47. The number of anilines is 2. The van der Waals surface area contributed by atoms with Crippen molar-refractivity contribution in [2.75, 3.05) is 10.2 Å². The Bertz CT molecular complexity index is 1570. The number of carbonyl (C=O) groups is 3. The van der Waals surface area contributed by atoms with Gasteiger partial charge in [-0.1, -0.05) is 35.9 Å². The van der Waals surface area contributed by atoms with E-state index in [9.17, 15) is 32.8 Å². The Hall–Kier alpha value is -4.50. The summed E-state index contributed by atoms with van der Waals surface area (Å²) in [6.45, 7) is 0.